The number of halogens is 1. The molecular formula is C16H16ClN3O3S. The fourth-order valence-corrected chi connectivity index (χ4v) is 3.70. The van der Waals surface area contributed by atoms with E-state index in [-0.39, 0.29) is 23.1 Å². The van der Waals surface area contributed by atoms with Crippen molar-refractivity contribution in [1.29, 1.82) is 0 Å². The Labute approximate surface area is 145 Å². The number of nitrogens with zero attached hydrogens (tertiary/aromatic N) is 2. The van der Waals surface area contributed by atoms with Gasteiger partial charge in [0.2, 0.25) is 0 Å². The Balaban J connectivity index is 1.67. The molecule has 24 heavy (non-hydrogen) atoms. The second-order valence-corrected chi connectivity index (χ2v) is 7.64. The Kier molecular flexibility index (Phi) is 4.73. The molecule has 0 atom stereocenters. The zero-order valence-electron chi connectivity index (χ0n) is 12.8. The molecule has 0 aromatic heterocycles. The second-order valence-electron chi connectivity index (χ2n) is 5.45. The molecule has 2 aliphatic rings. The van der Waals surface area contributed by atoms with E-state index in [2.05, 4.69) is 9.71 Å². The van der Waals surface area contributed by atoms with Crippen LogP contribution in [0.5, 0.6) is 0 Å². The summed E-state index contributed by atoms with van der Waals surface area (Å²) in [6, 6.07) is 7.42. The van der Waals surface area contributed by atoms with Gasteiger partial charge in [-0.05, 0) is 36.3 Å². The maximum atomic E-state index is 12.4. The zero-order valence-corrected chi connectivity index (χ0v) is 14.3. The molecule has 8 heteroatoms. The zero-order chi connectivity index (χ0) is 17.2. The Bertz CT molecular complexity index is 859. The second kappa shape index (κ2) is 6.78. The van der Waals surface area contributed by atoms with Crippen molar-refractivity contribution < 1.29 is 13.2 Å². The van der Waals surface area contributed by atoms with Crippen LogP contribution in [0.2, 0.25) is 5.02 Å². The number of hydrogen-bond acceptors (Lipinski definition) is 4. The SMILES string of the molecule is O=C(NCCc1cccc(Cl)c1)C1=CC=CN2CCS(=O)(=O)N=C12. The molecule has 0 saturated carbocycles. The lowest BCUT2D eigenvalue weighted by molar-refractivity contribution is -0.117. The first kappa shape index (κ1) is 16.7. The molecule has 0 bridgehead atoms. The molecule has 0 fully saturated rings. The molecule has 0 saturated heterocycles. The lowest BCUT2D eigenvalue weighted by atomic mass is 10.1. The van der Waals surface area contributed by atoms with Gasteiger partial charge < -0.3 is 10.2 Å². The minimum Gasteiger partial charge on any atom is -0.352 e. The predicted octanol–water partition coefficient (Wildman–Crippen LogP) is 1.50. The lowest BCUT2D eigenvalue weighted by Gasteiger charge is -2.28. The monoisotopic (exact) mass is 365 g/mol. The number of rotatable bonds is 4. The first-order valence-electron chi connectivity index (χ1n) is 7.45. The van der Waals surface area contributed by atoms with Gasteiger partial charge in [-0.25, -0.2) is 8.42 Å². The van der Waals surface area contributed by atoms with Gasteiger partial charge in [-0.3, -0.25) is 4.79 Å². The van der Waals surface area contributed by atoms with Crippen molar-refractivity contribution in [2.45, 2.75) is 6.42 Å². The molecule has 126 valence electrons. The standard InChI is InChI=1S/C16H16ClN3O3S/c17-13-4-1-3-12(11-13)6-7-18-16(21)14-5-2-8-20-9-10-24(22,23)19-15(14)20/h1-5,8,11H,6-7,9-10H2,(H,18,21). The third-order valence-electron chi connectivity index (χ3n) is 3.69. The summed E-state index contributed by atoms with van der Waals surface area (Å²) >= 11 is 5.93. The van der Waals surface area contributed by atoms with Gasteiger partial charge in [0.15, 0.2) is 5.84 Å². The van der Waals surface area contributed by atoms with E-state index in [9.17, 15) is 13.2 Å². The maximum absolute atomic E-state index is 12.4. The summed E-state index contributed by atoms with van der Waals surface area (Å²) in [6.45, 7) is 0.713. The summed E-state index contributed by atoms with van der Waals surface area (Å²) in [5, 5.41) is 3.44. The average Bonchev–Trinajstić information content (AvgIpc) is 2.53. The number of carbonyl (C=O) groups is 1. The van der Waals surface area contributed by atoms with Crippen LogP contribution in [0, 0.1) is 0 Å². The number of fused-ring (bicyclic) bond motifs is 1. The number of nitrogens with one attached hydrogen (secondary N) is 1. The van der Waals surface area contributed by atoms with Crippen LogP contribution >= 0.6 is 11.6 Å². The summed E-state index contributed by atoms with van der Waals surface area (Å²) in [6.07, 6.45) is 5.63. The number of allylic oxidation sites excluding steroid dienone is 2. The normalized spacial score (nSPS) is 18.5. The van der Waals surface area contributed by atoms with Gasteiger partial charge in [-0.1, -0.05) is 23.7 Å². The van der Waals surface area contributed by atoms with Gasteiger partial charge in [-0.2, -0.15) is 0 Å². The van der Waals surface area contributed by atoms with Crippen LogP contribution in [0.1, 0.15) is 5.56 Å². The van der Waals surface area contributed by atoms with E-state index in [1.165, 1.54) is 0 Å². The maximum Gasteiger partial charge on any atom is 0.256 e. The highest BCUT2D eigenvalue weighted by Crippen LogP contribution is 2.17. The molecule has 2 aliphatic heterocycles. The molecule has 1 aromatic rings. The number of amidine groups is 1. The lowest BCUT2D eigenvalue weighted by Crippen LogP contribution is -2.42. The number of carbonyl (C=O) groups excluding carboxylic acids is 1. The molecule has 3 rings (SSSR count). The molecule has 0 unspecified atom stereocenters. The van der Waals surface area contributed by atoms with Gasteiger partial charge in [0, 0.05) is 24.3 Å². The van der Waals surface area contributed by atoms with Crippen LogP contribution in [0.4, 0.5) is 0 Å². The Morgan fingerprint density at radius 3 is 3.00 bits per heavy atom. The Hall–Kier alpha value is -2.12. The quantitative estimate of drug-likeness (QED) is 0.876. The van der Waals surface area contributed by atoms with E-state index < -0.39 is 10.0 Å². The summed E-state index contributed by atoms with van der Waals surface area (Å²) in [4.78, 5) is 14.1. The first-order chi connectivity index (χ1) is 11.4. The highest BCUT2D eigenvalue weighted by atomic mass is 35.5. The highest BCUT2D eigenvalue weighted by Gasteiger charge is 2.29. The number of benzene rings is 1. The summed E-state index contributed by atoms with van der Waals surface area (Å²) in [5.41, 5.74) is 1.27. The summed E-state index contributed by atoms with van der Waals surface area (Å²) in [7, 11) is -3.51. The van der Waals surface area contributed by atoms with Gasteiger partial charge in [-0.15, -0.1) is 4.40 Å². The topological polar surface area (TPSA) is 78.8 Å². The van der Waals surface area contributed by atoms with Gasteiger partial charge in [0.05, 0.1) is 11.3 Å². The Morgan fingerprint density at radius 1 is 1.38 bits per heavy atom. The smallest absolute Gasteiger partial charge is 0.256 e. The number of hydrogen-bond donors (Lipinski definition) is 1. The van der Waals surface area contributed by atoms with Gasteiger partial charge in [0.25, 0.3) is 15.9 Å². The summed E-state index contributed by atoms with van der Waals surface area (Å²) < 4.78 is 27.1. The number of amides is 1. The van der Waals surface area contributed by atoms with Crippen molar-refractivity contribution in [3.05, 3.63) is 58.8 Å². The van der Waals surface area contributed by atoms with E-state index in [0.717, 1.165) is 5.56 Å². The molecule has 6 nitrogen and oxygen atoms in total. The highest BCUT2D eigenvalue weighted by molar-refractivity contribution is 7.90. The van der Waals surface area contributed by atoms with Crippen LogP contribution in [-0.2, 0) is 21.2 Å². The molecule has 0 radical (unpaired) electrons. The van der Waals surface area contributed by atoms with Gasteiger partial charge >= 0.3 is 0 Å². The Morgan fingerprint density at radius 2 is 2.21 bits per heavy atom. The van der Waals surface area contributed by atoms with Crippen molar-refractivity contribution in [3.8, 4) is 0 Å². The first-order valence-corrected chi connectivity index (χ1v) is 9.44. The molecule has 0 spiro atoms. The fourth-order valence-electron chi connectivity index (χ4n) is 2.50. The minimum atomic E-state index is -3.51. The largest absolute Gasteiger partial charge is 0.352 e. The van der Waals surface area contributed by atoms with Crippen molar-refractivity contribution in [2.75, 3.05) is 18.8 Å². The van der Waals surface area contributed by atoms with E-state index in [4.69, 9.17) is 11.6 Å². The van der Waals surface area contributed by atoms with E-state index in [0.29, 0.717) is 24.5 Å². The molecule has 0 aliphatic carbocycles. The molecule has 2 heterocycles. The van der Waals surface area contributed by atoms with Crippen LogP contribution < -0.4 is 5.32 Å². The van der Waals surface area contributed by atoms with Crippen LogP contribution in [0.15, 0.2) is 52.6 Å². The molecular weight excluding hydrogens is 350 g/mol. The average molecular weight is 366 g/mol. The molecule has 1 aromatic carbocycles. The summed E-state index contributed by atoms with van der Waals surface area (Å²) in [5.74, 6) is -0.212. The van der Waals surface area contributed by atoms with E-state index >= 15 is 0 Å². The minimum absolute atomic E-state index is 0.0511. The van der Waals surface area contributed by atoms with Crippen molar-refractivity contribution in [3.63, 3.8) is 0 Å². The molecule has 1 amide bonds. The van der Waals surface area contributed by atoms with Crippen LogP contribution in [-0.4, -0.2) is 43.9 Å². The fraction of sp³-hybridized carbons (Fsp3) is 0.250. The van der Waals surface area contributed by atoms with Gasteiger partial charge in [0.1, 0.15) is 0 Å². The van der Waals surface area contributed by atoms with E-state index in [1.807, 2.05) is 18.2 Å². The van der Waals surface area contributed by atoms with Crippen LogP contribution in [0.25, 0.3) is 0 Å². The third-order valence-corrected chi connectivity index (χ3v) is 5.08. The van der Waals surface area contributed by atoms with E-state index in [1.54, 1.807) is 29.3 Å². The van der Waals surface area contributed by atoms with Crippen LogP contribution in [0.3, 0.4) is 0 Å². The van der Waals surface area contributed by atoms with Crippen molar-refractivity contribution >= 4 is 33.4 Å². The van der Waals surface area contributed by atoms with Crippen molar-refractivity contribution in [2.24, 2.45) is 4.40 Å². The number of sulfonamides is 1. The third kappa shape index (κ3) is 3.85. The predicted molar refractivity (Wildman–Crippen MR) is 93.3 cm³/mol. The van der Waals surface area contributed by atoms with Crippen molar-refractivity contribution in [1.82, 2.24) is 10.2 Å². The molecule has 1 N–H and O–H groups in total.